The van der Waals surface area contributed by atoms with Crippen LogP contribution in [0.15, 0.2) is 45.9 Å². The van der Waals surface area contributed by atoms with Crippen molar-refractivity contribution >= 4 is 37.6 Å². The van der Waals surface area contributed by atoms with Gasteiger partial charge in [0.15, 0.2) is 0 Å². The van der Waals surface area contributed by atoms with E-state index in [4.69, 9.17) is 11.6 Å². The number of hydrogen-bond acceptors (Lipinski definition) is 3. The van der Waals surface area contributed by atoms with Crippen LogP contribution in [0.25, 0.3) is 0 Å². The summed E-state index contributed by atoms with van der Waals surface area (Å²) in [6.45, 7) is 2.06. The van der Waals surface area contributed by atoms with Crippen molar-refractivity contribution in [3.8, 4) is 0 Å². The van der Waals surface area contributed by atoms with Gasteiger partial charge in [0.1, 0.15) is 0 Å². The first-order valence-corrected chi connectivity index (χ1v) is 8.40. The Morgan fingerprint density at radius 3 is 2.65 bits per heavy atom. The highest BCUT2D eigenvalue weighted by Crippen LogP contribution is 2.25. The number of benzene rings is 1. The van der Waals surface area contributed by atoms with Crippen LogP contribution in [0, 0.1) is 6.92 Å². The minimum atomic E-state index is -3.57. The van der Waals surface area contributed by atoms with E-state index in [1.54, 1.807) is 6.20 Å². The third-order valence-corrected chi connectivity index (χ3v) is 5.25. The number of nitrogens with zero attached hydrogens (tertiary/aromatic N) is 1. The normalized spacial score (nSPS) is 11.6. The Kier molecular flexibility index (Phi) is 4.80. The molecule has 4 nitrogen and oxygen atoms in total. The van der Waals surface area contributed by atoms with E-state index < -0.39 is 10.0 Å². The van der Waals surface area contributed by atoms with Crippen molar-refractivity contribution in [2.75, 3.05) is 0 Å². The average Bonchev–Trinajstić information content (AvgIpc) is 2.41. The van der Waals surface area contributed by atoms with E-state index >= 15 is 0 Å². The zero-order valence-electron chi connectivity index (χ0n) is 10.6. The molecule has 0 spiro atoms. The van der Waals surface area contributed by atoms with E-state index in [-0.39, 0.29) is 11.4 Å². The summed E-state index contributed by atoms with van der Waals surface area (Å²) in [5.41, 5.74) is 1.69. The smallest absolute Gasteiger partial charge is 0.240 e. The molecular formula is C13H12BrClN2O2S. The maximum atomic E-state index is 12.1. The molecule has 0 radical (unpaired) electrons. The molecule has 2 aromatic rings. The minimum absolute atomic E-state index is 0.161. The lowest BCUT2D eigenvalue weighted by molar-refractivity contribution is 0.581. The molecule has 0 fully saturated rings. The number of halogens is 2. The number of hydrogen-bond donors (Lipinski definition) is 1. The Bertz CT molecular complexity index is 718. The summed E-state index contributed by atoms with van der Waals surface area (Å²) in [5.74, 6) is 0. The third-order valence-electron chi connectivity index (χ3n) is 2.64. The number of aromatic nitrogens is 1. The molecule has 1 heterocycles. The molecule has 0 aliphatic heterocycles. The molecule has 0 aliphatic carbocycles. The lowest BCUT2D eigenvalue weighted by atomic mass is 10.2. The van der Waals surface area contributed by atoms with Gasteiger partial charge < -0.3 is 0 Å². The van der Waals surface area contributed by atoms with Crippen molar-refractivity contribution in [2.45, 2.75) is 18.4 Å². The van der Waals surface area contributed by atoms with Gasteiger partial charge in [0.25, 0.3) is 0 Å². The number of aryl methyl sites for hydroxylation is 1. The summed E-state index contributed by atoms with van der Waals surface area (Å²) in [6.07, 6.45) is 1.65. The highest BCUT2D eigenvalue weighted by molar-refractivity contribution is 9.10. The standard InChI is InChI=1S/C13H12BrClN2O2S/c1-9-2-3-10(7-16-9)8-17-20(18,19)11-4-5-13(15)12(14)6-11/h2-7,17H,8H2,1H3. The van der Waals surface area contributed by atoms with Crippen molar-refractivity contribution in [3.05, 3.63) is 57.3 Å². The molecule has 0 unspecified atom stereocenters. The summed E-state index contributed by atoms with van der Waals surface area (Å²) in [6, 6.07) is 8.14. The molecule has 0 saturated heterocycles. The van der Waals surface area contributed by atoms with E-state index in [9.17, 15) is 8.42 Å². The first-order chi connectivity index (χ1) is 9.38. The van der Waals surface area contributed by atoms with Crippen LogP contribution in [0.1, 0.15) is 11.3 Å². The summed E-state index contributed by atoms with van der Waals surface area (Å²) in [5, 5.41) is 0.465. The van der Waals surface area contributed by atoms with Crippen molar-refractivity contribution in [1.29, 1.82) is 0 Å². The predicted molar refractivity (Wildman–Crippen MR) is 82.2 cm³/mol. The van der Waals surface area contributed by atoms with E-state index in [2.05, 4.69) is 25.6 Å². The van der Waals surface area contributed by atoms with Gasteiger partial charge in [-0.05, 0) is 52.7 Å². The summed E-state index contributed by atoms with van der Waals surface area (Å²) >= 11 is 9.06. The van der Waals surface area contributed by atoms with Crippen LogP contribution in [-0.2, 0) is 16.6 Å². The maximum absolute atomic E-state index is 12.1. The molecule has 1 aromatic carbocycles. The molecular weight excluding hydrogens is 364 g/mol. The Hall–Kier alpha value is -0.950. The monoisotopic (exact) mass is 374 g/mol. The third kappa shape index (κ3) is 3.79. The second-order valence-electron chi connectivity index (χ2n) is 4.21. The lowest BCUT2D eigenvalue weighted by Crippen LogP contribution is -2.23. The van der Waals surface area contributed by atoms with Crippen LogP contribution < -0.4 is 4.72 Å². The van der Waals surface area contributed by atoms with Crippen LogP contribution in [0.5, 0.6) is 0 Å². The lowest BCUT2D eigenvalue weighted by Gasteiger charge is -2.08. The molecule has 1 aromatic heterocycles. The topological polar surface area (TPSA) is 59.1 Å². The van der Waals surface area contributed by atoms with Crippen LogP contribution in [0.2, 0.25) is 5.02 Å². The van der Waals surface area contributed by atoms with Crippen molar-refractivity contribution in [3.63, 3.8) is 0 Å². The molecule has 2 rings (SSSR count). The molecule has 0 bridgehead atoms. The fourth-order valence-electron chi connectivity index (χ4n) is 1.51. The first kappa shape index (κ1) is 15.4. The van der Waals surface area contributed by atoms with Gasteiger partial charge >= 0.3 is 0 Å². The van der Waals surface area contributed by atoms with Gasteiger partial charge in [-0.15, -0.1) is 0 Å². The predicted octanol–water partition coefficient (Wildman–Crippen LogP) is 3.28. The molecule has 1 N–H and O–H groups in total. The molecule has 0 saturated carbocycles. The Morgan fingerprint density at radius 1 is 1.30 bits per heavy atom. The SMILES string of the molecule is Cc1ccc(CNS(=O)(=O)c2ccc(Cl)c(Br)c2)cn1. The molecule has 106 valence electrons. The van der Waals surface area contributed by atoms with Crippen LogP contribution in [0.4, 0.5) is 0 Å². The van der Waals surface area contributed by atoms with Crippen LogP contribution in [-0.4, -0.2) is 13.4 Å². The van der Waals surface area contributed by atoms with E-state index in [0.717, 1.165) is 11.3 Å². The highest BCUT2D eigenvalue weighted by atomic mass is 79.9. The highest BCUT2D eigenvalue weighted by Gasteiger charge is 2.15. The van der Waals surface area contributed by atoms with Gasteiger partial charge in [0.2, 0.25) is 10.0 Å². The van der Waals surface area contributed by atoms with Gasteiger partial charge in [-0.25, -0.2) is 13.1 Å². The summed E-state index contributed by atoms with van der Waals surface area (Å²) < 4.78 is 27.3. The molecule has 20 heavy (non-hydrogen) atoms. The summed E-state index contributed by atoms with van der Waals surface area (Å²) in [4.78, 5) is 4.28. The van der Waals surface area contributed by atoms with Gasteiger partial charge in [-0.3, -0.25) is 4.98 Å². The largest absolute Gasteiger partial charge is 0.261 e. The van der Waals surface area contributed by atoms with Gasteiger partial charge in [-0.2, -0.15) is 0 Å². The maximum Gasteiger partial charge on any atom is 0.240 e. The first-order valence-electron chi connectivity index (χ1n) is 5.75. The van der Waals surface area contributed by atoms with Gasteiger partial charge in [0, 0.05) is 22.9 Å². The number of sulfonamides is 1. The number of rotatable bonds is 4. The summed E-state index contributed by atoms with van der Waals surface area (Å²) in [7, 11) is -3.57. The number of nitrogens with one attached hydrogen (secondary N) is 1. The second-order valence-corrected chi connectivity index (χ2v) is 7.24. The second kappa shape index (κ2) is 6.22. The Morgan fingerprint density at radius 2 is 2.05 bits per heavy atom. The fourth-order valence-corrected chi connectivity index (χ4v) is 3.20. The quantitative estimate of drug-likeness (QED) is 0.892. The van der Waals surface area contributed by atoms with E-state index in [1.807, 2.05) is 19.1 Å². The molecule has 0 aliphatic rings. The van der Waals surface area contributed by atoms with Crippen LogP contribution >= 0.6 is 27.5 Å². The molecule has 0 amide bonds. The van der Waals surface area contributed by atoms with Crippen molar-refractivity contribution < 1.29 is 8.42 Å². The van der Waals surface area contributed by atoms with Crippen molar-refractivity contribution in [2.24, 2.45) is 0 Å². The van der Waals surface area contributed by atoms with Crippen LogP contribution in [0.3, 0.4) is 0 Å². The minimum Gasteiger partial charge on any atom is -0.261 e. The zero-order chi connectivity index (χ0) is 14.8. The number of pyridine rings is 1. The molecule has 0 atom stereocenters. The zero-order valence-corrected chi connectivity index (χ0v) is 13.8. The average molecular weight is 376 g/mol. The van der Waals surface area contributed by atoms with E-state index in [0.29, 0.717) is 9.50 Å². The fraction of sp³-hybridized carbons (Fsp3) is 0.154. The molecule has 7 heteroatoms. The Labute approximate surface area is 131 Å². The van der Waals surface area contributed by atoms with Gasteiger partial charge in [0.05, 0.1) is 9.92 Å². The Balaban J connectivity index is 2.14. The van der Waals surface area contributed by atoms with Crippen molar-refractivity contribution in [1.82, 2.24) is 9.71 Å². The van der Waals surface area contributed by atoms with Gasteiger partial charge in [-0.1, -0.05) is 17.7 Å². The van der Waals surface area contributed by atoms with E-state index in [1.165, 1.54) is 18.2 Å².